The number of benzene rings is 1. The lowest BCUT2D eigenvalue weighted by molar-refractivity contribution is 0.242. The van der Waals surface area contributed by atoms with Crippen molar-refractivity contribution in [2.75, 3.05) is 0 Å². The largest absolute Gasteiger partial charge is 0.491 e. The van der Waals surface area contributed by atoms with Gasteiger partial charge in [0.25, 0.3) is 0 Å². The second-order valence-corrected chi connectivity index (χ2v) is 6.50. The first-order chi connectivity index (χ1) is 9.47. The molecule has 1 unspecified atom stereocenters. The average molecular weight is 400 g/mol. The maximum absolute atomic E-state index is 6.27. The molecule has 2 aromatic rings. The Morgan fingerprint density at radius 1 is 1.15 bits per heavy atom. The molecule has 20 heavy (non-hydrogen) atoms. The number of hydrogen-bond donors (Lipinski definition) is 1. The third-order valence-electron chi connectivity index (χ3n) is 2.74. The van der Waals surface area contributed by atoms with Crippen LogP contribution in [-0.2, 0) is 0 Å². The third kappa shape index (κ3) is 3.81. The first-order valence-electron chi connectivity index (χ1n) is 6.30. The van der Waals surface area contributed by atoms with Crippen LogP contribution in [0.1, 0.15) is 31.1 Å². The Kier molecular flexibility index (Phi) is 5.18. The fraction of sp³-hybridized carbons (Fsp3) is 0.267. The van der Waals surface area contributed by atoms with Crippen molar-refractivity contribution in [2.24, 2.45) is 5.73 Å². The zero-order valence-electron chi connectivity index (χ0n) is 11.3. The summed E-state index contributed by atoms with van der Waals surface area (Å²) in [5.74, 6) is 0.846. The monoisotopic (exact) mass is 398 g/mol. The number of pyridine rings is 1. The van der Waals surface area contributed by atoms with Crippen molar-refractivity contribution in [2.45, 2.75) is 26.0 Å². The van der Waals surface area contributed by atoms with Crippen LogP contribution in [0.3, 0.4) is 0 Å². The van der Waals surface area contributed by atoms with Crippen molar-refractivity contribution >= 4 is 31.9 Å². The molecule has 0 radical (unpaired) electrons. The van der Waals surface area contributed by atoms with Gasteiger partial charge >= 0.3 is 0 Å². The fourth-order valence-electron chi connectivity index (χ4n) is 1.84. The molecule has 2 rings (SSSR count). The summed E-state index contributed by atoms with van der Waals surface area (Å²) in [6.07, 6.45) is 1.91. The number of nitrogens with zero attached hydrogens (tertiary/aromatic N) is 1. The van der Waals surface area contributed by atoms with E-state index < -0.39 is 0 Å². The highest BCUT2D eigenvalue weighted by Crippen LogP contribution is 2.28. The van der Waals surface area contributed by atoms with E-state index in [9.17, 15) is 0 Å². The molecule has 0 saturated carbocycles. The maximum atomic E-state index is 6.27. The maximum Gasteiger partial charge on any atom is 0.119 e. The predicted molar refractivity (Wildman–Crippen MR) is 87.9 cm³/mol. The highest BCUT2D eigenvalue weighted by Gasteiger charge is 2.14. The molecule has 106 valence electrons. The highest BCUT2D eigenvalue weighted by molar-refractivity contribution is 9.11. The smallest absolute Gasteiger partial charge is 0.119 e. The van der Waals surface area contributed by atoms with E-state index in [4.69, 9.17) is 10.5 Å². The molecule has 0 aliphatic carbocycles. The minimum atomic E-state index is -0.273. The topological polar surface area (TPSA) is 48.1 Å². The molecule has 3 nitrogen and oxygen atoms in total. The lowest BCUT2D eigenvalue weighted by Crippen LogP contribution is -2.14. The van der Waals surface area contributed by atoms with Gasteiger partial charge in [-0.15, -0.1) is 0 Å². The zero-order chi connectivity index (χ0) is 14.7. The molecule has 2 N–H and O–H groups in total. The molecule has 1 heterocycles. The fourth-order valence-corrected chi connectivity index (χ4v) is 3.07. The minimum absolute atomic E-state index is 0.164. The van der Waals surface area contributed by atoms with Crippen molar-refractivity contribution in [3.8, 4) is 5.75 Å². The highest BCUT2D eigenvalue weighted by atomic mass is 79.9. The summed E-state index contributed by atoms with van der Waals surface area (Å²) in [7, 11) is 0. The standard InChI is InChI=1S/C15H16Br2N2O/c1-9(2)20-12-5-3-10(4-6-12)14(18)15-13(17)7-11(16)8-19-15/h3-9,14H,18H2,1-2H3. The van der Waals surface area contributed by atoms with Gasteiger partial charge < -0.3 is 10.5 Å². The lowest BCUT2D eigenvalue weighted by atomic mass is 10.0. The molecule has 1 aromatic heterocycles. The predicted octanol–water partition coefficient (Wildman–Crippen LogP) is 4.44. The Morgan fingerprint density at radius 3 is 2.35 bits per heavy atom. The van der Waals surface area contributed by atoms with Gasteiger partial charge in [0.2, 0.25) is 0 Å². The molecule has 0 aliphatic rings. The van der Waals surface area contributed by atoms with Gasteiger partial charge in [-0.05, 0) is 69.5 Å². The number of rotatable bonds is 4. The number of hydrogen-bond acceptors (Lipinski definition) is 3. The first-order valence-corrected chi connectivity index (χ1v) is 7.89. The van der Waals surface area contributed by atoms with Gasteiger partial charge in [0.15, 0.2) is 0 Å². The van der Waals surface area contributed by atoms with Crippen LogP contribution in [0, 0.1) is 0 Å². The molecular weight excluding hydrogens is 384 g/mol. The van der Waals surface area contributed by atoms with Crippen LogP contribution in [0.4, 0.5) is 0 Å². The van der Waals surface area contributed by atoms with Crippen LogP contribution in [0.5, 0.6) is 5.75 Å². The van der Waals surface area contributed by atoms with Crippen molar-refractivity contribution in [1.82, 2.24) is 4.98 Å². The van der Waals surface area contributed by atoms with Gasteiger partial charge in [-0.1, -0.05) is 12.1 Å². The van der Waals surface area contributed by atoms with E-state index >= 15 is 0 Å². The Labute approximate surface area is 135 Å². The van der Waals surface area contributed by atoms with E-state index in [0.717, 1.165) is 26.0 Å². The van der Waals surface area contributed by atoms with Gasteiger partial charge in [-0.2, -0.15) is 0 Å². The second-order valence-electron chi connectivity index (χ2n) is 4.73. The van der Waals surface area contributed by atoms with Crippen LogP contribution < -0.4 is 10.5 Å². The van der Waals surface area contributed by atoms with Crippen molar-refractivity contribution in [3.63, 3.8) is 0 Å². The van der Waals surface area contributed by atoms with Crippen LogP contribution >= 0.6 is 31.9 Å². The average Bonchev–Trinajstić information content (AvgIpc) is 2.38. The van der Waals surface area contributed by atoms with Crippen molar-refractivity contribution in [3.05, 3.63) is 56.7 Å². The summed E-state index contributed by atoms with van der Waals surface area (Å²) < 4.78 is 7.43. The quantitative estimate of drug-likeness (QED) is 0.826. The van der Waals surface area contributed by atoms with Gasteiger partial charge in [0.1, 0.15) is 5.75 Å². The van der Waals surface area contributed by atoms with Gasteiger partial charge in [0, 0.05) is 15.1 Å². The van der Waals surface area contributed by atoms with E-state index in [0.29, 0.717) is 0 Å². The van der Waals surface area contributed by atoms with Gasteiger partial charge in [0.05, 0.1) is 17.8 Å². The molecule has 0 spiro atoms. The Bertz CT molecular complexity index is 585. The normalized spacial score (nSPS) is 12.5. The van der Waals surface area contributed by atoms with Crippen LogP contribution in [-0.4, -0.2) is 11.1 Å². The molecule has 5 heteroatoms. The third-order valence-corrected chi connectivity index (χ3v) is 3.81. The summed E-state index contributed by atoms with van der Waals surface area (Å²) in [6.45, 7) is 4.00. The number of halogens is 2. The zero-order valence-corrected chi connectivity index (χ0v) is 14.5. The van der Waals surface area contributed by atoms with E-state index in [-0.39, 0.29) is 12.1 Å². The number of aromatic nitrogens is 1. The summed E-state index contributed by atoms with van der Waals surface area (Å²) >= 11 is 6.88. The molecular formula is C15H16Br2N2O. The summed E-state index contributed by atoms with van der Waals surface area (Å²) in [4.78, 5) is 4.37. The van der Waals surface area contributed by atoms with Crippen LogP contribution in [0.15, 0.2) is 45.5 Å². The van der Waals surface area contributed by atoms with Crippen LogP contribution in [0.25, 0.3) is 0 Å². The molecule has 0 bridgehead atoms. The molecule has 1 atom stereocenters. The molecule has 0 aliphatic heterocycles. The molecule has 1 aromatic carbocycles. The minimum Gasteiger partial charge on any atom is -0.491 e. The van der Waals surface area contributed by atoms with E-state index in [1.165, 1.54) is 0 Å². The Hall–Kier alpha value is -0.910. The molecule has 0 fully saturated rings. The van der Waals surface area contributed by atoms with E-state index in [1.807, 2.05) is 44.2 Å². The SMILES string of the molecule is CC(C)Oc1ccc(C(N)c2ncc(Br)cc2Br)cc1. The van der Waals surface area contributed by atoms with Crippen molar-refractivity contribution in [1.29, 1.82) is 0 Å². The molecule has 0 saturated heterocycles. The Balaban J connectivity index is 2.22. The molecule has 0 amide bonds. The van der Waals surface area contributed by atoms with Gasteiger partial charge in [-0.25, -0.2) is 0 Å². The number of nitrogens with two attached hydrogens (primary N) is 1. The van der Waals surface area contributed by atoms with Crippen molar-refractivity contribution < 1.29 is 4.74 Å². The van der Waals surface area contributed by atoms with E-state index in [2.05, 4.69) is 36.8 Å². The van der Waals surface area contributed by atoms with Crippen LogP contribution in [0.2, 0.25) is 0 Å². The summed E-state index contributed by atoms with van der Waals surface area (Å²) in [5, 5.41) is 0. The van der Waals surface area contributed by atoms with Gasteiger partial charge in [-0.3, -0.25) is 4.98 Å². The second kappa shape index (κ2) is 6.70. The van der Waals surface area contributed by atoms with E-state index in [1.54, 1.807) is 6.20 Å². The number of ether oxygens (including phenoxy) is 1. The first kappa shape index (κ1) is 15.5. The Morgan fingerprint density at radius 2 is 1.80 bits per heavy atom. The summed E-state index contributed by atoms with van der Waals surface area (Å²) in [6, 6.07) is 9.48. The summed E-state index contributed by atoms with van der Waals surface area (Å²) in [5.41, 5.74) is 8.08. The lowest BCUT2D eigenvalue weighted by Gasteiger charge is -2.15.